The molecule has 0 aliphatic heterocycles. The Balaban J connectivity index is 2.35. The minimum Gasteiger partial charge on any atom is -0.492 e. The first-order chi connectivity index (χ1) is 9.24. The fraction of sp³-hybridized carbons (Fsp3) is 0.312. The van der Waals surface area contributed by atoms with Gasteiger partial charge in [0.25, 0.3) is 0 Å². The predicted octanol–water partition coefficient (Wildman–Crippen LogP) is 3.46. The molecule has 19 heavy (non-hydrogen) atoms. The zero-order valence-electron chi connectivity index (χ0n) is 11.3. The highest BCUT2D eigenvalue weighted by atomic mass is 16.5. The van der Waals surface area contributed by atoms with E-state index in [1.165, 1.54) is 0 Å². The minimum atomic E-state index is 0.0208. The Morgan fingerprint density at radius 2 is 1.89 bits per heavy atom. The molecular formula is C16H18O3. The lowest BCUT2D eigenvalue weighted by atomic mass is 10.0. The van der Waals surface area contributed by atoms with Crippen LogP contribution in [0.25, 0.3) is 10.8 Å². The molecule has 100 valence electrons. The minimum absolute atomic E-state index is 0.0208. The highest BCUT2D eigenvalue weighted by Crippen LogP contribution is 2.30. The molecule has 0 saturated heterocycles. The summed E-state index contributed by atoms with van der Waals surface area (Å²) in [5.41, 5.74) is 0.635. The van der Waals surface area contributed by atoms with Crippen molar-refractivity contribution in [2.24, 2.45) is 0 Å². The maximum Gasteiger partial charge on any atom is 0.163 e. The lowest BCUT2D eigenvalue weighted by molar-refractivity contribution is 0.101. The average molecular weight is 258 g/mol. The number of hydrogen-bond acceptors (Lipinski definition) is 3. The number of ketones is 1. The van der Waals surface area contributed by atoms with Gasteiger partial charge in [-0.25, -0.2) is 0 Å². The normalized spacial score (nSPS) is 10.6. The summed E-state index contributed by atoms with van der Waals surface area (Å²) in [6.07, 6.45) is 0.803. The van der Waals surface area contributed by atoms with E-state index < -0.39 is 0 Å². The Bertz CT molecular complexity index is 575. The van der Waals surface area contributed by atoms with E-state index in [0.29, 0.717) is 24.5 Å². The van der Waals surface area contributed by atoms with Crippen LogP contribution in [0.4, 0.5) is 0 Å². The van der Waals surface area contributed by atoms with E-state index in [1.807, 2.05) is 36.4 Å². The predicted molar refractivity (Wildman–Crippen MR) is 75.9 cm³/mol. The van der Waals surface area contributed by atoms with Crippen LogP contribution in [-0.4, -0.2) is 26.1 Å². The van der Waals surface area contributed by atoms with E-state index in [2.05, 4.69) is 0 Å². The molecule has 0 aromatic heterocycles. The van der Waals surface area contributed by atoms with Gasteiger partial charge in [-0.2, -0.15) is 0 Å². The third-order valence-electron chi connectivity index (χ3n) is 3.00. The fourth-order valence-corrected chi connectivity index (χ4v) is 2.05. The molecule has 2 aromatic rings. The maximum absolute atomic E-state index is 11.7. The van der Waals surface area contributed by atoms with Crippen LogP contribution >= 0.6 is 0 Å². The summed E-state index contributed by atoms with van der Waals surface area (Å²) in [5, 5.41) is 2.06. The Labute approximate surface area is 113 Å². The Hall–Kier alpha value is -1.87. The molecule has 0 heterocycles. The number of Topliss-reactive ketones (excluding diaryl/α,β-unsaturated/α-hetero) is 1. The van der Waals surface area contributed by atoms with Crippen molar-refractivity contribution in [1.82, 2.24) is 0 Å². The van der Waals surface area contributed by atoms with Crippen molar-refractivity contribution < 1.29 is 14.3 Å². The Morgan fingerprint density at radius 3 is 2.63 bits per heavy atom. The molecule has 0 spiro atoms. The summed E-state index contributed by atoms with van der Waals surface area (Å²) in [7, 11) is 1.67. The van der Waals surface area contributed by atoms with Crippen LogP contribution in [0.15, 0.2) is 36.4 Å². The van der Waals surface area contributed by atoms with Crippen molar-refractivity contribution in [1.29, 1.82) is 0 Å². The summed E-state index contributed by atoms with van der Waals surface area (Å²) in [6.45, 7) is 2.76. The molecule has 2 rings (SSSR count). The molecule has 0 fully saturated rings. The fourth-order valence-electron chi connectivity index (χ4n) is 2.05. The third-order valence-corrected chi connectivity index (χ3v) is 3.00. The molecule has 0 N–H and O–H groups in total. The highest BCUT2D eigenvalue weighted by molar-refractivity contribution is 6.03. The number of fused-ring (bicyclic) bond motifs is 1. The van der Waals surface area contributed by atoms with Gasteiger partial charge >= 0.3 is 0 Å². The lowest BCUT2D eigenvalue weighted by Crippen LogP contribution is -2.05. The lowest BCUT2D eigenvalue weighted by Gasteiger charge is -2.12. The number of carbonyl (C=O) groups is 1. The van der Waals surface area contributed by atoms with E-state index in [9.17, 15) is 4.79 Å². The largest absolute Gasteiger partial charge is 0.492 e. The van der Waals surface area contributed by atoms with Gasteiger partial charge in [0.2, 0.25) is 0 Å². The zero-order chi connectivity index (χ0) is 13.7. The van der Waals surface area contributed by atoms with Gasteiger partial charge in [0, 0.05) is 25.5 Å². The van der Waals surface area contributed by atoms with E-state index in [1.54, 1.807) is 14.0 Å². The van der Waals surface area contributed by atoms with Crippen molar-refractivity contribution in [3.8, 4) is 5.75 Å². The van der Waals surface area contributed by atoms with Crippen LogP contribution < -0.4 is 4.74 Å². The molecular weight excluding hydrogens is 240 g/mol. The quantitative estimate of drug-likeness (QED) is 0.588. The van der Waals surface area contributed by atoms with Crippen LogP contribution in [0.1, 0.15) is 23.7 Å². The molecule has 0 aliphatic carbocycles. The van der Waals surface area contributed by atoms with Crippen LogP contribution in [-0.2, 0) is 4.74 Å². The number of hydrogen-bond donors (Lipinski definition) is 0. The molecule has 0 radical (unpaired) electrons. The van der Waals surface area contributed by atoms with Crippen LogP contribution in [0.3, 0.4) is 0 Å². The van der Waals surface area contributed by atoms with Crippen LogP contribution in [0, 0.1) is 0 Å². The van der Waals surface area contributed by atoms with Gasteiger partial charge in [-0.3, -0.25) is 4.79 Å². The Morgan fingerprint density at radius 1 is 1.11 bits per heavy atom. The molecule has 3 heteroatoms. The number of carbonyl (C=O) groups excluding carboxylic acids is 1. The smallest absolute Gasteiger partial charge is 0.163 e. The first-order valence-electron chi connectivity index (χ1n) is 6.38. The highest BCUT2D eigenvalue weighted by Gasteiger charge is 2.12. The van der Waals surface area contributed by atoms with Gasteiger partial charge in [0.15, 0.2) is 5.78 Å². The second-order valence-electron chi connectivity index (χ2n) is 4.41. The topological polar surface area (TPSA) is 35.5 Å². The molecule has 3 nitrogen and oxygen atoms in total. The van der Waals surface area contributed by atoms with E-state index in [0.717, 1.165) is 17.2 Å². The summed E-state index contributed by atoms with van der Waals surface area (Å²) in [6, 6.07) is 11.7. The van der Waals surface area contributed by atoms with E-state index in [4.69, 9.17) is 9.47 Å². The average Bonchev–Trinajstić information content (AvgIpc) is 2.43. The van der Waals surface area contributed by atoms with Crippen molar-refractivity contribution in [3.05, 3.63) is 42.0 Å². The van der Waals surface area contributed by atoms with E-state index >= 15 is 0 Å². The molecule has 2 aromatic carbocycles. The van der Waals surface area contributed by atoms with Gasteiger partial charge in [0.1, 0.15) is 5.75 Å². The van der Waals surface area contributed by atoms with Gasteiger partial charge in [0.05, 0.1) is 12.2 Å². The Kier molecular flexibility index (Phi) is 4.53. The van der Waals surface area contributed by atoms with Crippen molar-refractivity contribution in [3.63, 3.8) is 0 Å². The summed E-state index contributed by atoms with van der Waals surface area (Å²) in [4.78, 5) is 11.7. The second kappa shape index (κ2) is 6.34. The second-order valence-corrected chi connectivity index (χ2v) is 4.41. The van der Waals surface area contributed by atoms with Crippen molar-refractivity contribution in [2.75, 3.05) is 20.3 Å². The summed E-state index contributed by atoms with van der Waals surface area (Å²) in [5.74, 6) is 0.703. The first kappa shape index (κ1) is 13.6. The molecule has 0 amide bonds. The number of rotatable bonds is 6. The number of methoxy groups -OCH3 is 1. The molecule has 0 saturated carbocycles. The van der Waals surface area contributed by atoms with Crippen LogP contribution in [0.5, 0.6) is 5.75 Å². The maximum atomic E-state index is 11.7. The van der Waals surface area contributed by atoms with Crippen LogP contribution in [0.2, 0.25) is 0 Å². The summed E-state index contributed by atoms with van der Waals surface area (Å²) >= 11 is 0. The third kappa shape index (κ3) is 3.12. The van der Waals surface area contributed by atoms with Gasteiger partial charge in [-0.05, 0) is 18.4 Å². The number of benzene rings is 2. The SMILES string of the molecule is COCCCOc1c(C(C)=O)ccc2ccccc12. The molecule has 0 atom stereocenters. The van der Waals surface area contributed by atoms with Gasteiger partial charge in [-0.1, -0.05) is 30.3 Å². The van der Waals surface area contributed by atoms with Gasteiger partial charge in [-0.15, -0.1) is 0 Å². The zero-order valence-corrected chi connectivity index (χ0v) is 11.3. The molecule has 0 unspecified atom stereocenters. The van der Waals surface area contributed by atoms with Crippen molar-refractivity contribution in [2.45, 2.75) is 13.3 Å². The molecule has 0 aliphatic rings. The first-order valence-corrected chi connectivity index (χ1v) is 6.38. The van der Waals surface area contributed by atoms with Crippen molar-refractivity contribution >= 4 is 16.6 Å². The monoisotopic (exact) mass is 258 g/mol. The van der Waals surface area contributed by atoms with Gasteiger partial charge < -0.3 is 9.47 Å². The standard InChI is InChI=1S/C16H18O3/c1-12(17)14-9-8-13-6-3-4-7-15(13)16(14)19-11-5-10-18-2/h3-4,6-9H,5,10-11H2,1-2H3. The van der Waals surface area contributed by atoms with E-state index in [-0.39, 0.29) is 5.78 Å². The summed E-state index contributed by atoms with van der Waals surface area (Å²) < 4.78 is 10.8. The molecule has 0 bridgehead atoms. The number of ether oxygens (including phenoxy) is 2.